The summed E-state index contributed by atoms with van der Waals surface area (Å²) in [5, 5.41) is 3.48. The van der Waals surface area contributed by atoms with E-state index in [1.54, 1.807) is 24.2 Å². The van der Waals surface area contributed by atoms with Crippen LogP contribution in [0.2, 0.25) is 0 Å². The largest absolute Gasteiger partial charge is 0.444 e. The molecule has 1 amide bonds. The number of rotatable bonds is 13. The second-order valence-corrected chi connectivity index (χ2v) is 12.3. The number of nitrogens with two attached hydrogens (primary N) is 1. The van der Waals surface area contributed by atoms with Crippen molar-refractivity contribution in [3.8, 4) is 0 Å². The van der Waals surface area contributed by atoms with Crippen LogP contribution in [0, 0.1) is 6.92 Å². The lowest BCUT2D eigenvalue weighted by atomic mass is 9.94. The number of carbonyl (C=O) groups excluding carboxylic acids is 2. The predicted molar refractivity (Wildman–Crippen MR) is 148 cm³/mol. The molecule has 0 radical (unpaired) electrons. The number of oxazole rings is 1. The average molecular weight is 529 g/mol. The van der Waals surface area contributed by atoms with Gasteiger partial charge in [-0.2, -0.15) is 0 Å². The lowest BCUT2D eigenvalue weighted by molar-refractivity contribution is -0.118. The molecule has 3 rings (SSSR count). The lowest BCUT2D eigenvalue weighted by Crippen LogP contribution is -2.10. The number of nitrogens with one attached hydrogen (secondary N) is 1. The van der Waals surface area contributed by atoms with E-state index in [1.165, 1.54) is 11.3 Å². The molecule has 0 saturated carbocycles. The van der Waals surface area contributed by atoms with E-state index in [9.17, 15) is 9.59 Å². The topological polar surface area (TPSA) is 111 Å². The van der Waals surface area contributed by atoms with E-state index >= 15 is 0 Å². The van der Waals surface area contributed by atoms with Crippen molar-refractivity contribution in [3.05, 3.63) is 53.4 Å². The van der Waals surface area contributed by atoms with Crippen LogP contribution in [0.15, 0.2) is 39.2 Å². The maximum Gasteiger partial charge on any atom is 0.226 e. The minimum Gasteiger partial charge on any atom is -0.444 e. The molecule has 3 aromatic rings. The number of nitrogen functional groups attached to an aromatic ring is 1. The van der Waals surface area contributed by atoms with Crippen LogP contribution in [0.3, 0.4) is 0 Å². The van der Waals surface area contributed by atoms with Gasteiger partial charge in [-0.15, -0.1) is 11.8 Å². The van der Waals surface area contributed by atoms with Gasteiger partial charge in [-0.05, 0) is 37.0 Å². The van der Waals surface area contributed by atoms with Crippen molar-refractivity contribution in [2.45, 2.75) is 88.0 Å². The Morgan fingerprint density at radius 1 is 1.08 bits per heavy atom. The van der Waals surface area contributed by atoms with Crippen LogP contribution < -0.4 is 11.1 Å². The van der Waals surface area contributed by atoms with Gasteiger partial charge >= 0.3 is 0 Å². The van der Waals surface area contributed by atoms with Crippen molar-refractivity contribution in [2.24, 2.45) is 0 Å². The van der Waals surface area contributed by atoms with Gasteiger partial charge < -0.3 is 15.5 Å². The Labute approximate surface area is 221 Å². The summed E-state index contributed by atoms with van der Waals surface area (Å²) in [6, 6.07) is 5.82. The zero-order chi connectivity index (χ0) is 26.1. The molecular formula is C27H36N4O3S2. The maximum absolute atomic E-state index is 12.3. The van der Waals surface area contributed by atoms with Gasteiger partial charge in [0.15, 0.2) is 5.13 Å². The summed E-state index contributed by atoms with van der Waals surface area (Å²) in [7, 11) is 0. The van der Waals surface area contributed by atoms with Crippen molar-refractivity contribution in [1.29, 1.82) is 0 Å². The average Bonchev–Trinajstić information content (AvgIpc) is 3.46. The van der Waals surface area contributed by atoms with Crippen LogP contribution in [-0.2, 0) is 27.2 Å². The first-order valence-corrected chi connectivity index (χ1v) is 14.1. The van der Waals surface area contributed by atoms with E-state index in [-0.39, 0.29) is 17.1 Å². The van der Waals surface area contributed by atoms with Crippen LogP contribution >= 0.6 is 23.1 Å². The van der Waals surface area contributed by atoms with Crippen LogP contribution in [0.1, 0.15) is 82.1 Å². The fourth-order valence-corrected chi connectivity index (χ4v) is 5.30. The summed E-state index contributed by atoms with van der Waals surface area (Å²) in [5.74, 6) is 2.35. The van der Waals surface area contributed by atoms with Crippen LogP contribution in [0.4, 0.5) is 10.8 Å². The Kier molecular flexibility index (Phi) is 10.1. The number of hydrogen-bond donors (Lipinski definition) is 2. The first-order valence-electron chi connectivity index (χ1n) is 12.3. The molecule has 2 heterocycles. The third kappa shape index (κ3) is 9.09. The number of nitrogens with zero attached hydrogens (tertiary/aromatic N) is 2. The third-order valence-electron chi connectivity index (χ3n) is 5.66. The first kappa shape index (κ1) is 27.9. The minimum absolute atomic E-state index is 0.0330. The lowest BCUT2D eigenvalue weighted by Gasteiger charge is -2.12. The predicted octanol–water partition coefficient (Wildman–Crippen LogP) is 6.70. The molecule has 1 aromatic carbocycles. The van der Waals surface area contributed by atoms with Gasteiger partial charge in [0.2, 0.25) is 11.8 Å². The number of amides is 1. The normalized spacial score (nSPS) is 11.6. The number of benzene rings is 1. The molecule has 36 heavy (non-hydrogen) atoms. The molecule has 0 fully saturated rings. The number of anilines is 2. The number of thioether (sulfide) groups is 1. The molecule has 0 aliphatic heterocycles. The van der Waals surface area contributed by atoms with Gasteiger partial charge in [0.05, 0.1) is 22.4 Å². The molecule has 2 aromatic heterocycles. The van der Waals surface area contributed by atoms with Crippen LogP contribution in [0.25, 0.3) is 0 Å². The summed E-state index contributed by atoms with van der Waals surface area (Å²) in [6.07, 6.45) is 8.40. The van der Waals surface area contributed by atoms with E-state index in [1.807, 2.05) is 25.1 Å². The molecule has 3 N–H and O–H groups in total. The number of aromatic nitrogens is 2. The third-order valence-corrected chi connectivity index (χ3v) is 7.75. The van der Waals surface area contributed by atoms with E-state index in [0.717, 1.165) is 46.8 Å². The number of aryl methyl sites for hydroxylation is 1. The highest BCUT2D eigenvalue weighted by atomic mass is 32.2. The molecular weight excluding hydrogens is 492 g/mol. The molecule has 0 spiro atoms. The van der Waals surface area contributed by atoms with Crippen molar-refractivity contribution >= 4 is 45.6 Å². The van der Waals surface area contributed by atoms with Crippen molar-refractivity contribution < 1.29 is 14.0 Å². The highest BCUT2D eigenvalue weighted by Crippen LogP contribution is 2.32. The molecule has 9 heteroatoms. The summed E-state index contributed by atoms with van der Waals surface area (Å²) >= 11 is 3.04. The number of carbonyl (C=O) groups is 2. The van der Waals surface area contributed by atoms with Gasteiger partial charge in [0.25, 0.3) is 0 Å². The SMILES string of the molecule is Cc1ccc(CC(=O)CCCCCCC(=O)Nc2ncc(SCc3ncc(C(C)(C)C)o3)s2)c(N)c1. The zero-order valence-corrected chi connectivity index (χ0v) is 23.2. The van der Waals surface area contributed by atoms with Crippen molar-refractivity contribution in [3.63, 3.8) is 0 Å². The van der Waals surface area contributed by atoms with E-state index < -0.39 is 0 Å². The second kappa shape index (κ2) is 13.1. The summed E-state index contributed by atoms with van der Waals surface area (Å²) in [6.45, 7) is 8.26. The first-order chi connectivity index (χ1) is 17.1. The summed E-state index contributed by atoms with van der Waals surface area (Å²) in [4.78, 5) is 33.1. The number of unbranched alkanes of at least 4 members (excludes halogenated alkanes) is 3. The van der Waals surface area contributed by atoms with Crippen molar-refractivity contribution in [1.82, 2.24) is 9.97 Å². The second-order valence-electron chi connectivity index (χ2n) is 10.0. The highest BCUT2D eigenvalue weighted by Gasteiger charge is 2.19. The summed E-state index contributed by atoms with van der Waals surface area (Å²) in [5.41, 5.74) is 8.62. The maximum atomic E-state index is 12.3. The minimum atomic E-state index is -0.0635. The van der Waals surface area contributed by atoms with Gasteiger partial charge in [-0.25, -0.2) is 9.97 Å². The van der Waals surface area contributed by atoms with E-state index in [0.29, 0.717) is 41.7 Å². The van der Waals surface area contributed by atoms with E-state index in [4.69, 9.17) is 10.2 Å². The number of ketones is 1. The Morgan fingerprint density at radius 3 is 2.53 bits per heavy atom. The number of Topliss-reactive ketones (excluding diaryl/α,β-unsaturated/α-hetero) is 1. The molecule has 0 atom stereocenters. The fourth-order valence-electron chi connectivity index (χ4n) is 3.56. The van der Waals surface area contributed by atoms with Crippen LogP contribution in [-0.4, -0.2) is 21.7 Å². The Hall–Kier alpha value is -2.65. The van der Waals surface area contributed by atoms with Crippen molar-refractivity contribution in [2.75, 3.05) is 11.1 Å². The van der Waals surface area contributed by atoms with Gasteiger partial charge in [-0.3, -0.25) is 9.59 Å². The fraction of sp³-hybridized carbons (Fsp3) is 0.481. The molecule has 0 unspecified atom stereocenters. The van der Waals surface area contributed by atoms with Gasteiger partial charge in [-0.1, -0.05) is 57.1 Å². The van der Waals surface area contributed by atoms with Gasteiger partial charge in [0, 0.05) is 30.4 Å². The van der Waals surface area contributed by atoms with Gasteiger partial charge in [0.1, 0.15) is 11.5 Å². The van der Waals surface area contributed by atoms with E-state index in [2.05, 4.69) is 36.1 Å². The standard InChI is InChI=1S/C27H36N4O3S2/c1-18-11-12-19(21(28)13-18)14-20(32)9-7-5-6-8-10-23(33)31-26-30-16-25(36-26)35-17-24-29-15-22(34-24)27(2,3)4/h11-13,15-16H,5-10,14,17,28H2,1-4H3,(H,30,31,33). The summed E-state index contributed by atoms with van der Waals surface area (Å²) < 4.78 is 6.82. The zero-order valence-electron chi connectivity index (χ0n) is 21.6. The molecule has 0 aliphatic rings. The van der Waals surface area contributed by atoms with Crippen LogP contribution in [0.5, 0.6) is 0 Å². The quantitative estimate of drug-likeness (QED) is 0.144. The molecule has 7 nitrogen and oxygen atoms in total. The highest BCUT2D eigenvalue weighted by molar-refractivity contribution is 8.00. The molecule has 0 bridgehead atoms. The number of thiazole rings is 1. The monoisotopic (exact) mass is 528 g/mol. The Bertz CT molecular complexity index is 1160. The Morgan fingerprint density at radius 2 is 1.83 bits per heavy atom. The smallest absolute Gasteiger partial charge is 0.226 e. The Balaban J connectivity index is 1.28. The molecule has 0 aliphatic carbocycles. The number of hydrogen-bond acceptors (Lipinski definition) is 8. The molecule has 0 saturated heterocycles. The molecule has 194 valence electrons.